The minimum Gasteiger partial charge on any atom is -0.497 e. The number of nitrogens with zero attached hydrogens (tertiary/aromatic N) is 2. The Hall–Kier alpha value is -4.11. The Morgan fingerprint density at radius 1 is 0.971 bits per heavy atom. The van der Waals surface area contributed by atoms with Gasteiger partial charge in [0.05, 0.1) is 12.0 Å². The van der Waals surface area contributed by atoms with E-state index >= 15 is 0 Å². The van der Waals surface area contributed by atoms with E-state index in [1.807, 2.05) is 42.1 Å². The van der Waals surface area contributed by atoms with E-state index in [9.17, 15) is 13.2 Å². The van der Waals surface area contributed by atoms with Crippen molar-refractivity contribution >= 4 is 21.6 Å². The molecule has 0 aliphatic rings. The third-order valence-electron chi connectivity index (χ3n) is 5.29. The van der Waals surface area contributed by atoms with Gasteiger partial charge in [0.1, 0.15) is 17.6 Å². The van der Waals surface area contributed by atoms with E-state index in [-0.39, 0.29) is 10.8 Å². The van der Waals surface area contributed by atoms with Crippen LogP contribution in [0.3, 0.4) is 0 Å². The molecule has 3 aromatic carbocycles. The molecular weight excluding hydrogens is 452 g/mol. The fraction of sp³-hybridized carbons (Fsp3) is 0.120. The normalized spacial score (nSPS) is 12.1. The highest BCUT2D eigenvalue weighted by Gasteiger charge is 2.22. The lowest BCUT2D eigenvalue weighted by molar-refractivity contribution is 0.0941. The molecule has 174 valence electrons. The Kier molecular flexibility index (Phi) is 6.65. The average Bonchev–Trinajstić information content (AvgIpc) is 3.28. The largest absolute Gasteiger partial charge is 0.497 e. The highest BCUT2D eigenvalue weighted by atomic mass is 32.2. The van der Waals surface area contributed by atoms with Crippen LogP contribution in [-0.4, -0.2) is 31.0 Å². The number of anilines is 1. The molecule has 1 heterocycles. The van der Waals surface area contributed by atoms with E-state index in [1.165, 1.54) is 12.1 Å². The van der Waals surface area contributed by atoms with Gasteiger partial charge in [-0.15, -0.1) is 0 Å². The fourth-order valence-corrected chi connectivity index (χ4v) is 4.55. The lowest BCUT2D eigenvalue weighted by Crippen LogP contribution is -2.31. The number of sulfonamides is 1. The predicted octanol–water partition coefficient (Wildman–Crippen LogP) is 3.75. The number of hydrogen-bond acceptors (Lipinski definition) is 5. The first-order valence-electron chi connectivity index (χ1n) is 10.5. The van der Waals surface area contributed by atoms with Crippen molar-refractivity contribution in [3.8, 4) is 5.75 Å². The summed E-state index contributed by atoms with van der Waals surface area (Å²) in [4.78, 5) is 17.6. The number of methoxy groups -OCH3 is 1. The molecule has 4 aromatic rings. The van der Waals surface area contributed by atoms with Gasteiger partial charge in [0.25, 0.3) is 15.9 Å². The van der Waals surface area contributed by atoms with Crippen molar-refractivity contribution in [3.05, 3.63) is 108 Å². The first-order chi connectivity index (χ1) is 16.4. The van der Waals surface area contributed by atoms with Gasteiger partial charge in [0.15, 0.2) is 0 Å². The van der Waals surface area contributed by atoms with Gasteiger partial charge in [-0.1, -0.05) is 30.3 Å². The van der Waals surface area contributed by atoms with Crippen LogP contribution in [0.25, 0.3) is 0 Å². The van der Waals surface area contributed by atoms with Crippen LogP contribution in [0.5, 0.6) is 5.75 Å². The highest BCUT2D eigenvalue weighted by Crippen LogP contribution is 2.24. The molecule has 1 amide bonds. The van der Waals surface area contributed by atoms with Crippen molar-refractivity contribution in [1.82, 2.24) is 14.9 Å². The molecule has 0 fully saturated rings. The van der Waals surface area contributed by atoms with Crippen molar-refractivity contribution in [2.75, 3.05) is 11.8 Å². The van der Waals surface area contributed by atoms with Crippen LogP contribution < -0.4 is 14.8 Å². The van der Waals surface area contributed by atoms with Crippen molar-refractivity contribution in [2.45, 2.75) is 10.9 Å². The Labute approximate surface area is 198 Å². The molecule has 0 spiro atoms. The van der Waals surface area contributed by atoms with E-state index in [1.54, 1.807) is 55.8 Å². The number of amides is 1. The second-order valence-corrected chi connectivity index (χ2v) is 9.25. The van der Waals surface area contributed by atoms with Gasteiger partial charge in [-0.2, -0.15) is 0 Å². The SMILES string of the molecule is COc1ccc([C@@H](NC(=O)c2ccc(NS(=O)(=O)c3ccccc3)cc2)c2nccn2C)cc1. The molecule has 34 heavy (non-hydrogen) atoms. The number of aromatic nitrogens is 2. The van der Waals surface area contributed by atoms with Gasteiger partial charge >= 0.3 is 0 Å². The summed E-state index contributed by atoms with van der Waals surface area (Å²) in [5, 5.41) is 3.02. The van der Waals surface area contributed by atoms with E-state index in [0.717, 1.165) is 5.56 Å². The number of hydrogen-bond donors (Lipinski definition) is 2. The maximum absolute atomic E-state index is 13.1. The zero-order valence-corrected chi connectivity index (χ0v) is 19.5. The van der Waals surface area contributed by atoms with Crippen LogP contribution in [0.2, 0.25) is 0 Å². The van der Waals surface area contributed by atoms with E-state index in [0.29, 0.717) is 22.8 Å². The molecule has 8 nitrogen and oxygen atoms in total. The van der Waals surface area contributed by atoms with Gasteiger partial charge in [-0.05, 0) is 54.1 Å². The third kappa shape index (κ3) is 5.10. The molecule has 0 aliphatic heterocycles. The standard InChI is InChI=1S/C25H24N4O4S/c1-29-17-16-26-24(29)23(18-10-14-21(33-2)15-11-18)27-25(30)19-8-12-20(13-9-19)28-34(31,32)22-6-4-3-5-7-22/h3-17,23,28H,1-2H3,(H,27,30)/t23-/m1/s1. The van der Waals surface area contributed by atoms with E-state index in [2.05, 4.69) is 15.0 Å². The molecule has 0 bridgehead atoms. The summed E-state index contributed by atoms with van der Waals surface area (Å²) in [7, 11) is -0.260. The Morgan fingerprint density at radius 2 is 1.65 bits per heavy atom. The molecule has 1 aromatic heterocycles. The molecule has 0 radical (unpaired) electrons. The molecular formula is C25H24N4O4S. The molecule has 0 saturated heterocycles. The van der Waals surface area contributed by atoms with Crippen LogP contribution in [0.1, 0.15) is 27.8 Å². The van der Waals surface area contributed by atoms with Gasteiger partial charge in [-0.3, -0.25) is 9.52 Å². The summed E-state index contributed by atoms with van der Waals surface area (Å²) < 4.78 is 34.6. The van der Waals surface area contributed by atoms with Crippen molar-refractivity contribution in [2.24, 2.45) is 7.05 Å². The predicted molar refractivity (Wildman–Crippen MR) is 129 cm³/mol. The summed E-state index contributed by atoms with van der Waals surface area (Å²) >= 11 is 0. The van der Waals surface area contributed by atoms with Gasteiger partial charge in [0.2, 0.25) is 0 Å². The molecule has 0 saturated carbocycles. The zero-order chi connectivity index (χ0) is 24.1. The number of carbonyl (C=O) groups is 1. The monoisotopic (exact) mass is 476 g/mol. The molecule has 2 N–H and O–H groups in total. The number of ether oxygens (including phenoxy) is 1. The van der Waals surface area contributed by atoms with Crippen LogP contribution in [-0.2, 0) is 17.1 Å². The summed E-state index contributed by atoms with van der Waals surface area (Å²) in [5.41, 5.74) is 1.59. The van der Waals surface area contributed by atoms with Crippen LogP contribution in [0.4, 0.5) is 5.69 Å². The number of imidazole rings is 1. The van der Waals surface area contributed by atoms with Crippen molar-refractivity contribution in [1.29, 1.82) is 0 Å². The first-order valence-corrected chi connectivity index (χ1v) is 12.0. The number of carbonyl (C=O) groups excluding carboxylic acids is 1. The maximum Gasteiger partial charge on any atom is 0.261 e. The number of aryl methyl sites for hydroxylation is 1. The average molecular weight is 477 g/mol. The minimum atomic E-state index is -3.71. The topological polar surface area (TPSA) is 102 Å². The Balaban J connectivity index is 1.53. The van der Waals surface area contributed by atoms with Crippen molar-refractivity contribution < 1.29 is 17.9 Å². The number of rotatable bonds is 8. The quantitative estimate of drug-likeness (QED) is 0.403. The summed E-state index contributed by atoms with van der Waals surface area (Å²) in [6.45, 7) is 0. The smallest absolute Gasteiger partial charge is 0.261 e. The van der Waals surface area contributed by atoms with Gasteiger partial charge in [-0.25, -0.2) is 13.4 Å². The number of benzene rings is 3. The summed E-state index contributed by atoms with van der Waals surface area (Å²) in [6, 6.07) is 21.2. The second kappa shape index (κ2) is 9.80. The number of nitrogens with one attached hydrogen (secondary N) is 2. The van der Waals surface area contributed by atoms with Gasteiger partial charge in [0, 0.05) is 30.7 Å². The molecule has 9 heteroatoms. The summed E-state index contributed by atoms with van der Waals surface area (Å²) in [5.74, 6) is 1.06. The first kappa shape index (κ1) is 23.1. The van der Waals surface area contributed by atoms with Crippen LogP contribution in [0, 0.1) is 0 Å². The Morgan fingerprint density at radius 3 is 2.24 bits per heavy atom. The zero-order valence-electron chi connectivity index (χ0n) is 18.7. The molecule has 0 unspecified atom stereocenters. The van der Waals surface area contributed by atoms with Crippen LogP contribution >= 0.6 is 0 Å². The Bertz CT molecular complexity index is 1370. The van der Waals surface area contributed by atoms with E-state index < -0.39 is 16.1 Å². The molecule has 1 atom stereocenters. The lowest BCUT2D eigenvalue weighted by Gasteiger charge is -2.19. The van der Waals surface area contributed by atoms with Gasteiger partial charge < -0.3 is 14.6 Å². The second-order valence-electron chi connectivity index (χ2n) is 7.57. The maximum atomic E-state index is 13.1. The lowest BCUT2D eigenvalue weighted by atomic mass is 10.0. The minimum absolute atomic E-state index is 0.161. The fourth-order valence-electron chi connectivity index (χ4n) is 3.47. The van der Waals surface area contributed by atoms with E-state index in [4.69, 9.17) is 4.74 Å². The summed E-state index contributed by atoms with van der Waals surface area (Å²) in [6.07, 6.45) is 3.48. The van der Waals surface area contributed by atoms with Crippen molar-refractivity contribution in [3.63, 3.8) is 0 Å². The molecule has 4 rings (SSSR count). The highest BCUT2D eigenvalue weighted by molar-refractivity contribution is 7.92. The third-order valence-corrected chi connectivity index (χ3v) is 6.69. The van der Waals surface area contributed by atoms with Crippen LogP contribution in [0.15, 0.2) is 96.2 Å². The molecule has 0 aliphatic carbocycles.